The van der Waals surface area contributed by atoms with Crippen LogP contribution in [-0.4, -0.2) is 42.0 Å². The number of rotatable bonds is 3. The summed E-state index contributed by atoms with van der Waals surface area (Å²) in [5.74, 6) is -0.0639. The quantitative estimate of drug-likeness (QED) is 0.420. The maximum absolute atomic E-state index is 13.0. The zero-order chi connectivity index (χ0) is 25.4. The summed E-state index contributed by atoms with van der Waals surface area (Å²) in [5, 5.41) is 13.1. The van der Waals surface area contributed by atoms with Crippen molar-refractivity contribution in [3.63, 3.8) is 0 Å². The van der Waals surface area contributed by atoms with Gasteiger partial charge in [0.25, 0.3) is 5.91 Å². The van der Waals surface area contributed by atoms with E-state index in [0.717, 1.165) is 71.2 Å². The molecule has 3 heterocycles. The first-order chi connectivity index (χ1) is 18.1. The molecule has 4 aromatic rings. The summed E-state index contributed by atoms with van der Waals surface area (Å²) in [6.45, 7) is 5.18. The molecule has 1 amide bonds. The molecule has 6 heteroatoms. The normalized spacial score (nSPS) is 17.2. The Balaban J connectivity index is 1.28. The number of amides is 1. The number of anilines is 2. The van der Waals surface area contributed by atoms with Gasteiger partial charge in [-0.25, -0.2) is 0 Å². The van der Waals surface area contributed by atoms with E-state index in [1.807, 2.05) is 73.7 Å². The van der Waals surface area contributed by atoms with Gasteiger partial charge in [-0.1, -0.05) is 48.5 Å². The van der Waals surface area contributed by atoms with Crippen LogP contribution in [0, 0.1) is 18.3 Å². The highest BCUT2D eigenvalue weighted by Gasteiger charge is 2.33. The fraction of sp³-hybridized carbons (Fsp3) is 0.194. The maximum atomic E-state index is 13.0. The summed E-state index contributed by atoms with van der Waals surface area (Å²) in [5.41, 5.74) is 8.13. The summed E-state index contributed by atoms with van der Waals surface area (Å²) in [4.78, 5) is 22.3. The molecule has 2 aliphatic heterocycles. The van der Waals surface area contributed by atoms with Gasteiger partial charge in [-0.05, 0) is 54.4 Å². The molecule has 2 aliphatic rings. The van der Waals surface area contributed by atoms with Crippen LogP contribution in [-0.2, 0) is 0 Å². The van der Waals surface area contributed by atoms with Crippen LogP contribution in [0.4, 0.5) is 11.4 Å². The van der Waals surface area contributed by atoms with Gasteiger partial charge in [-0.3, -0.25) is 14.7 Å². The highest BCUT2D eigenvalue weighted by atomic mass is 16.1. The van der Waals surface area contributed by atoms with Crippen molar-refractivity contribution >= 4 is 17.3 Å². The minimum atomic E-state index is -0.0639. The Labute approximate surface area is 216 Å². The zero-order valence-corrected chi connectivity index (χ0v) is 20.7. The highest BCUT2D eigenvalue weighted by molar-refractivity contribution is 6.07. The molecule has 3 aromatic carbocycles. The molecule has 1 saturated heterocycles. The fourth-order valence-corrected chi connectivity index (χ4v) is 5.53. The fourth-order valence-electron chi connectivity index (χ4n) is 5.53. The van der Waals surface area contributed by atoms with Gasteiger partial charge < -0.3 is 10.2 Å². The summed E-state index contributed by atoms with van der Waals surface area (Å²) in [6.07, 6.45) is 0. The van der Waals surface area contributed by atoms with Crippen molar-refractivity contribution in [3.05, 3.63) is 113 Å². The molecular weight excluding hydrogens is 458 g/mol. The summed E-state index contributed by atoms with van der Waals surface area (Å²) in [6, 6.07) is 30.4. The zero-order valence-electron chi connectivity index (χ0n) is 20.7. The predicted molar refractivity (Wildman–Crippen MR) is 146 cm³/mol. The smallest absolute Gasteiger partial charge is 0.256 e. The lowest BCUT2D eigenvalue weighted by atomic mass is 9.93. The maximum Gasteiger partial charge on any atom is 0.256 e. The third-order valence-electron chi connectivity index (χ3n) is 7.32. The van der Waals surface area contributed by atoms with Crippen LogP contribution in [0.2, 0.25) is 0 Å². The monoisotopic (exact) mass is 485 g/mol. The number of carbonyl (C=O) groups is 1. The van der Waals surface area contributed by atoms with Crippen molar-refractivity contribution in [1.29, 1.82) is 5.26 Å². The Morgan fingerprint density at radius 3 is 2.43 bits per heavy atom. The largest absolute Gasteiger partial charge is 0.368 e. The number of fused-ring (bicyclic) bond motifs is 2. The Morgan fingerprint density at radius 1 is 0.892 bits per heavy atom. The van der Waals surface area contributed by atoms with Crippen molar-refractivity contribution in [1.82, 2.24) is 9.88 Å². The molecule has 6 nitrogen and oxygen atoms in total. The van der Waals surface area contributed by atoms with Gasteiger partial charge in [0.15, 0.2) is 0 Å². The molecule has 1 fully saturated rings. The summed E-state index contributed by atoms with van der Waals surface area (Å²) < 4.78 is 0. The van der Waals surface area contributed by atoms with Crippen LogP contribution in [0.15, 0.2) is 84.9 Å². The minimum Gasteiger partial charge on any atom is -0.368 e. The number of piperazine rings is 1. The molecular formula is C31H27N5O. The van der Waals surface area contributed by atoms with E-state index in [0.29, 0.717) is 5.56 Å². The molecule has 1 atom stereocenters. The topological polar surface area (TPSA) is 72.3 Å². The molecule has 0 aliphatic carbocycles. The Kier molecular flexibility index (Phi) is 5.91. The first-order valence-corrected chi connectivity index (χ1v) is 12.6. The van der Waals surface area contributed by atoms with E-state index >= 15 is 0 Å². The van der Waals surface area contributed by atoms with Gasteiger partial charge >= 0.3 is 0 Å². The number of aryl methyl sites for hydroxylation is 1. The molecule has 0 bridgehead atoms. The average Bonchev–Trinajstić information content (AvgIpc) is 3.06. The number of hydrogen-bond acceptors (Lipinski definition) is 5. The van der Waals surface area contributed by atoms with Crippen molar-refractivity contribution < 1.29 is 4.79 Å². The molecule has 6 rings (SSSR count). The summed E-state index contributed by atoms with van der Waals surface area (Å²) >= 11 is 0. The lowest BCUT2D eigenvalue weighted by molar-refractivity contribution is 0.102. The first-order valence-electron chi connectivity index (χ1n) is 12.6. The van der Waals surface area contributed by atoms with Crippen LogP contribution in [0.5, 0.6) is 0 Å². The number of nitriles is 1. The third-order valence-corrected chi connectivity index (χ3v) is 7.32. The van der Waals surface area contributed by atoms with Gasteiger partial charge in [0.1, 0.15) is 6.07 Å². The highest BCUT2D eigenvalue weighted by Crippen LogP contribution is 2.39. The van der Waals surface area contributed by atoms with Crippen molar-refractivity contribution in [2.45, 2.75) is 13.0 Å². The third kappa shape index (κ3) is 4.24. The molecule has 1 aromatic heterocycles. The lowest BCUT2D eigenvalue weighted by Gasteiger charge is -2.41. The SMILES string of the molecule is Cc1cccc(-c2ccc(N3CCN(C4c5ccccc5NC(=O)c5ccccc54)CC3)c(C#N)c2)n1. The standard InChI is InChI=1S/C31H27N5O/c1-21-7-6-12-27(33-21)22-13-14-29(23(19-22)20-32)35-15-17-36(18-16-35)30-24-8-2-3-9-25(24)31(37)34-28-11-5-4-10-26(28)30/h2-14,19,30H,15-18H2,1H3,(H,34,37). The summed E-state index contributed by atoms with van der Waals surface area (Å²) in [7, 11) is 0. The van der Waals surface area contributed by atoms with Crippen LogP contribution in [0.1, 0.15) is 38.8 Å². The number of nitrogens with one attached hydrogen (secondary N) is 1. The van der Waals surface area contributed by atoms with Gasteiger partial charge in [0, 0.05) is 48.7 Å². The van der Waals surface area contributed by atoms with Crippen LogP contribution < -0.4 is 10.2 Å². The van der Waals surface area contributed by atoms with E-state index in [1.165, 1.54) is 0 Å². The van der Waals surface area contributed by atoms with E-state index in [4.69, 9.17) is 0 Å². The van der Waals surface area contributed by atoms with E-state index in [9.17, 15) is 10.1 Å². The van der Waals surface area contributed by atoms with Gasteiger partial charge in [-0.15, -0.1) is 0 Å². The second kappa shape index (κ2) is 9.53. The molecule has 0 saturated carbocycles. The lowest BCUT2D eigenvalue weighted by Crippen LogP contribution is -2.48. The van der Waals surface area contributed by atoms with Crippen LogP contribution in [0.3, 0.4) is 0 Å². The Morgan fingerprint density at radius 2 is 1.65 bits per heavy atom. The number of nitrogens with zero attached hydrogens (tertiary/aromatic N) is 4. The van der Waals surface area contributed by atoms with Gasteiger partial charge in [0.2, 0.25) is 0 Å². The van der Waals surface area contributed by atoms with Crippen molar-refractivity contribution in [2.75, 3.05) is 36.4 Å². The number of carbonyl (C=O) groups excluding carboxylic acids is 1. The Hall–Kier alpha value is -4.47. The number of hydrogen-bond donors (Lipinski definition) is 1. The number of benzene rings is 3. The second-order valence-electron chi connectivity index (χ2n) is 9.56. The molecule has 182 valence electrons. The minimum absolute atomic E-state index is 0.0151. The molecule has 0 radical (unpaired) electrons. The van der Waals surface area contributed by atoms with Crippen LogP contribution in [0.25, 0.3) is 11.3 Å². The molecule has 0 spiro atoms. The van der Waals surface area contributed by atoms with E-state index in [1.54, 1.807) is 0 Å². The average molecular weight is 486 g/mol. The number of aromatic nitrogens is 1. The van der Waals surface area contributed by atoms with Crippen molar-refractivity contribution in [2.24, 2.45) is 0 Å². The Bertz CT molecular complexity index is 1530. The molecule has 1 N–H and O–H groups in total. The van der Waals surface area contributed by atoms with Gasteiger partial charge in [-0.2, -0.15) is 5.26 Å². The van der Waals surface area contributed by atoms with Gasteiger partial charge in [0.05, 0.1) is 23.0 Å². The first kappa shape index (κ1) is 23.0. The molecule has 37 heavy (non-hydrogen) atoms. The van der Waals surface area contributed by atoms with E-state index in [-0.39, 0.29) is 11.9 Å². The second-order valence-corrected chi connectivity index (χ2v) is 9.56. The molecule has 1 unspecified atom stereocenters. The van der Waals surface area contributed by atoms with E-state index < -0.39 is 0 Å². The number of para-hydroxylation sites is 1. The van der Waals surface area contributed by atoms with E-state index in [2.05, 4.69) is 44.4 Å². The van der Waals surface area contributed by atoms with Crippen molar-refractivity contribution in [3.8, 4) is 17.3 Å². The number of pyridine rings is 1. The van der Waals surface area contributed by atoms with Crippen LogP contribution >= 0.6 is 0 Å². The predicted octanol–water partition coefficient (Wildman–Crippen LogP) is 5.41.